The summed E-state index contributed by atoms with van der Waals surface area (Å²) in [6, 6.07) is 1.17. The molecule has 4 nitrogen and oxygen atoms in total. The Morgan fingerprint density at radius 2 is 2.16 bits per heavy atom. The molecule has 2 aliphatic rings. The Bertz CT molecular complexity index is 256. The van der Waals surface area contributed by atoms with Gasteiger partial charge in [0.15, 0.2) is 0 Å². The lowest BCUT2D eigenvalue weighted by Crippen LogP contribution is -2.53. The molecule has 0 aromatic heterocycles. The smallest absolute Gasteiger partial charge is 0.0509 e. The van der Waals surface area contributed by atoms with Crippen molar-refractivity contribution >= 4 is 0 Å². The maximum absolute atomic E-state index is 6.13. The lowest BCUT2D eigenvalue weighted by molar-refractivity contribution is -0.00103. The Morgan fingerprint density at radius 1 is 1.32 bits per heavy atom. The van der Waals surface area contributed by atoms with Gasteiger partial charge in [0, 0.05) is 38.3 Å². The van der Waals surface area contributed by atoms with Crippen LogP contribution >= 0.6 is 0 Å². The highest BCUT2D eigenvalue weighted by Gasteiger charge is 2.33. The topological polar surface area (TPSA) is 41.7 Å². The summed E-state index contributed by atoms with van der Waals surface area (Å²) >= 11 is 0. The van der Waals surface area contributed by atoms with Gasteiger partial charge in [-0.3, -0.25) is 4.90 Å². The molecule has 0 bridgehead atoms. The summed E-state index contributed by atoms with van der Waals surface area (Å²) < 4.78 is 5.68. The third kappa shape index (κ3) is 3.91. The van der Waals surface area contributed by atoms with E-state index in [1.54, 1.807) is 0 Å². The average molecular weight is 269 g/mol. The fourth-order valence-electron chi connectivity index (χ4n) is 3.73. The van der Waals surface area contributed by atoms with Gasteiger partial charge in [-0.1, -0.05) is 6.92 Å². The summed E-state index contributed by atoms with van der Waals surface area (Å²) in [4.78, 5) is 5.17. The molecule has 2 heterocycles. The predicted molar refractivity (Wildman–Crippen MR) is 79.3 cm³/mol. The number of hydrogen-bond acceptors (Lipinski definition) is 4. The first-order valence-corrected chi connectivity index (χ1v) is 7.98. The second kappa shape index (κ2) is 7.58. The van der Waals surface area contributed by atoms with Gasteiger partial charge >= 0.3 is 0 Å². The van der Waals surface area contributed by atoms with Crippen LogP contribution in [0.2, 0.25) is 0 Å². The standard InChI is InChI=1S/C15H31N3O/c1-3-14-11-17(2)7-5-8-18(14)15(10-16)13-6-4-9-19-12-13/h13-15H,3-12,16H2,1-2H3. The Hall–Kier alpha value is -0.160. The van der Waals surface area contributed by atoms with Crippen molar-refractivity contribution in [3.63, 3.8) is 0 Å². The summed E-state index contributed by atoms with van der Waals surface area (Å²) in [6.07, 6.45) is 4.96. The largest absolute Gasteiger partial charge is 0.381 e. The molecular formula is C15H31N3O. The first kappa shape index (κ1) is 15.2. The molecule has 2 fully saturated rings. The van der Waals surface area contributed by atoms with Crippen molar-refractivity contribution in [2.24, 2.45) is 11.7 Å². The predicted octanol–water partition coefficient (Wildman–Crippen LogP) is 1.16. The minimum atomic E-state index is 0.511. The maximum Gasteiger partial charge on any atom is 0.0509 e. The number of nitrogens with two attached hydrogens (primary N) is 1. The van der Waals surface area contributed by atoms with Gasteiger partial charge in [-0.05, 0) is 45.2 Å². The van der Waals surface area contributed by atoms with Crippen molar-refractivity contribution < 1.29 is 4.74 Å². The van der Waals surface area contributed by atoms with Gasteiger partial charge in [-0.15, -0.1) is 0 Å². The number of nitrogens with zero attached hydrogens (tertiary/aromatic N) is 2. The molecule has 2 saturated heterocycles. The summed E-state index contributed by atoms with van der Waals surface area (Å²) in [5.74, 6) is 0.635. The second-order valence-electron chi connectivity index (χ2n) is 6.20. The highest BCUT2D eigenvalue weighted by atomic mass is 16.5. The van der Waals surface area contributed by atoms with Crippen LogP contribution in [0.25, 0.3) is 0 Å². The number of likely N-dealkylation sites (N-methyl/N-ethyl adjacent to an activating group) is 1. The van der Waals surface area contributed by atoms with Crippen LogP contribution in [0.15, 0.2) is 0 Å². The molecule has 2 N–H and O–H groups in total. The highest BCUT2D eigenvalue weighted by molar-refractivity contribution is 4.88. The van der Waals surface area contributed by atoms with Gasteiger partial charge in [0.05, 0.1) is 6.61 Å². The fraction of sp³-hybridized carbons (Fsp3) is 1.00. The first-order chi connectivity index (χ1) is 9.26. The molecule has 2 rings (SSSR count). The molecule has 0 spiro atoms. The fourth-order valence-corrected chi connectivity index (χ4v) is 3.73. The molecule has 112 valence electrons. The Balaban J connectivity index is 2.05. The normalized spacial score (nSPS) is 33.0. The summed E-state index contributed by atoms with van der Waals surface area (Å²) in [5, 5.41) is 0. The van der Waals surface area contributed by atoms with Crippen LogP contribution in [-0.2, 0) is 4.74 Å². The van der Waals surface area contributed by atoms with Crippen molar-refractivity contribution in [2.75, 3.05) is 46.4 Å². The Morgan fingerprint density at radius 3 is 2.79 bits per heavy atom. The van der Waals surface area contributed by atoms with Crippen LogP contribution in [0.4, 0.5) is 0 Å². The SMILES string of the molecule is CCC1CN(C)CCCN1C(CN)C1CCCOC1. The molecule has 0 aromatic carbocycles. The molecule has 19 heavy (non-hydrogen) atoms. The molecule has 2 aliphatic heterocycles. The van der Waals surface area contributed by atoms with Crippen molar-refractivity contribution in [1.82, 2.24) is 9.80 Å². The number of ether oxygens (including phenoxy) is 1. The maximum atomic E-state index is 6.13. The van der Waals surface area contributed by atoms with Crippen molar-refractivity contribution in [2.45, 2.75) is 44.7 Å². The molecule has 0 radical (unpaired) electrons. The van der Waals surface area contributed by atoms with Crippen molar-refractivity contribution in [1.29, 1.82) is 0 Å². The van der Waals surface area contributed by atoms with Gasteiger partial charge in [0.1, 0.15) is 0 Å². The van der Waals surface area contributed by atoms with Crippen LogP contribution in [-0.4, -0.2) is 68.3 Å². The van der Waals surface area contributed by atoms with Gasteiger partial charge in [0.25, 0.3) is 0 Å². The lowest BCUT2D eigenvalue weighted by atomic mass is 9.91. The van der Waals surface area contributed by atoms with E-state index in [9.17, 15) is 0 Å². The molecular weight excluding hydrogens is 238 g/mol. The lowest BCUT2D eigenvalue weighted by Gasteiger charge is -2.41. The van der Waals surface area contributed by atoms with Gasteiger partial charge in [-0.2, -0.15) is 0 Å². The van der Waals surface area contributed by atoms with Crippen LogP contribution in [0.3, 0.4) is 0 Å². The monoisotopic (exact) mass is 269 g/mol. The van der Waals surface area contributed by atoms with E-state index in [1.165, 1.54) is 45.3 Å². The number of rotatable bonds is 4. The summed E-state index contributed by atoms with van der Waals surface area (Å²) in [5.41, 5.74) is 6.13. The molecule has 0 saturated carbocycles. The van der Waals surface area contributed by atoms with Gasteiger partial charge < -0.3 is 15.4 Å². The van der Waals surface area contributed by atoms with E-state index in [0.29, 0.717) is 18.0 Å². The van der Waals surface area contributed by atoms with Crippen molar-refractivity contribution in [3.05, 3.63) is 0 Å². The number of hydrogen-bond donors (Lipinski definition) is 1. The second-order valence-corrected chi connectivity index (χ2v) is 6.20. The highest BCUT2D eigenvalue weighted by Crippen LogP contribution is 2.25. The molecule has 0 amide bonds. The minimum Gasteiger partial charge on any atom is -0.381 e. The zero-order chi connectivity index (χ0) is 13.7. The average Bonchev–Trinajstić information content (AvgIpc) is 2.63. The third-order valence-electron chi connectivity index (χ3n) is 4.83. The summed E-state index contributed by atoms with van der Waals surface area (Å²) in [6.45, 7) is 8.52. The van der Waals surface area contributed by atoms with E-state index in [0.717, 1.165) is 19.8 Å². The van der Waals surface area contributed by atoms with Crippen molar-refractivity contribution in [3.8, 4) is 0 Å². The zero-order valence-electron chi connectivity index (χ0n) is 12.7. The van der Waals surface area contributed by atoms with E-state index >= 15 is 0 Å². The Labute approximate surface area is 118 Å². The third-order valence-corrected chi connectivity index (χ3v) is 4.83. The first-order valence-electron chi connectivity index (χ1n) is 7.98. The van der Waals surface area contributed by atoms with Crippen LogP contribution in [0, 0.1) is 5.92 Å². The molecule has 0 aromatic rings. The van der Waals surface area contributed by atoms with E-state index < -0.39 is 0 Å². The minimum absolute atomic E-state index is 0.511. The molecule has 0 aliphatic carbocycles. The Kier molecular flexibility index (Phi) is 6.07. The molecule has 4 heteroatoms. The van der Waals surface area contributed by atoms with E-state index in [1.807, 2.05) is 0 Å². The summed E-state index contributed by atoms with van der Waals surface area (Å²) in [7, 11) is 2.24. The van der Waals surface area contributed by atoms with E-state index in [4.69, 9.17) is 10.5 Å². The van der Waals surface area contributed by atoms with Gasteiger partial charge in [0.2, 0.25) is 0 Å². The van der Waals surface area contributed by atoms with Crippen LogP contribution in [0.5, 0.6) is 0 Å². The van der Waals surface area contributed by atoms with E-state index in [2.05, 4.69) is 23.8 Å². The van der Waals surface area contributed by atoms with E-state index in [-0.39, 0.29) is 0 Å². The van der Waals surface area contributed by atoms with Crippen LogP contribution < -0.4 is 5.73 Å². The zero-order valence-corrected chi connectivity index (χ0v) is 12.7. The molecule has 3 unspecified atom stereocenters. The van der Waals surface area contributed by atoms with Gasteiger partial charge in [-0.25, -0.2) is 0 Å². The quantitative estimate of drug-likeness (QED) is 0.831. The van der Waals surface area contributed by atoms with Crippen LogP contribution in [0.1, 0.15) is 32.6 Å². The molecule has 3 atom stereocenters.